The number of hydrogen-bond acceptors (Lipinski definition) is 7. The van der Waals surface area contributed by atoms with Crippen molar-refractivity contribution < 1.29 is 46.1 Å². The number of aliphatic hydroxyl groups is 1. The van der Waals surface area contributed by atoms with E-state index in [0.29, 0.717) is 22.7 Å². The SMILES string of the molecule is CCOc1c(C(N)=O)cc([C@@](O)(CNC(=O)c2cc(OC)c3nn(C4CC4)cc3c2)C2CC(F)(F)C2)nc1-c1cc(F)c(F)cc1F. The highest BCUT2D eigenvalue weighted by molar-refractivity contribution is 6.00. The lowest BCUT2D eigenvalue weighted by atomic mass is 9.68. The number of nitrogens with one attached hydrogen (secondary N) is 1. The van der Waals surface area contributed by atoms with Gasteiger partial charge in [-0.1, -0.05) is 0 Å². The predicted octanol–water partition coefficient (Wildman–Crippen LogP) is 5.02. The number of carbonyl (C=O) groups excluding carboxylic acids is 2. The maximum Gasteiger partial charge on any atom is 0.252 e. The van der Waals surface area contributed by atoms with Crippen LogP contribution in [-0.2, 0) is 5.60 Å². The Labute approximate surface area is 264 Å². The zero-order valence-electron chi connectivity index (χ0n) is 25.3. The molecule has 2 aromatic carbocycles. The minimum absolute atomic E-state index is 0.0951. The van der Waals surface area contributed by atoms with Gasteiger partial charge in [0.25, 0.3) is 11.8 Å². The fraction of sp³-hybridized carbons (Fsp3) is 0.375. The number of alkyl halides is 2. The molecular weight excluding hydrogens is 629 g/mol. The summed E-state index contributed by atoms with van der Waals surface area (Å²) >= 11 is 0. The molecule has 2 aromatic heterocycles. The summed E-state index contributed by atoms with van der Waals surface area (Å²) in [5.74, 6) is -10.5. The number of ether oxygens (including phenoxy) is 2. The van der Waals surface area contributed by atoms with Crippen molar-refractivity contribution in [2.24, 2.45) is 11.7 Å². The summed E-state index contributed by atoms with van der Waals surface area (Å²) in [6, 6.07) is 5.02. The molecule has 15 heteroatoms. The monoisotopic (exact) mass is 659 g/mol. The Morgan fingerprint density at radius 1 is 1.11 bits per heavy atom. The van der Waals surface area contributed by atoms with E-state index in [1.54, 1.807) is 16.9 Å². The molecule has 0 spiro atoms. The van der Waals surface area contributed by atoms with Crippen LogP contribution < -0.4 is 20.5 Å². The van der Waals surface area contributed by atoms with Crippen LogP contribution in [0.2, 0.25) is 0 Å². The first-order valence-corrected chi connectivity index (χ1v) is 14.8. The van der Waals surface area contributed by atoms with E-state index in [-0.39, 0.29) is 24.3 Å². The Morgan fingerprint density at radius 2 is 1.81 bits per heavy atom. The number of benzene rings is 2. The summed E-state index contributed by atoms with van der Waals surface area (Å²) < 4.78 is 84.3. The van der Waals surface area contributed by atoms with Gasteiger partial charge in [0.05, 0.1) is 37.6 Å². The molecular formula is C32H30F5N5O5. The molecule has 0 radical (unpaired) electrons. The van der Waals surface area contributed by atoms with E-state index in [2.05, 4.69) is 15.4 Å². The second-order valence-corrected chi connectivity index (χ2v) is 11.8. The van der Waals surface area contributed by atoms with Crippen molar-refractivity contribution in [2.45, 2.75) is 50.2 Å². The molecule has 248 valence electrons. The highest BCUT2D eigenvalue weighted by Gasteiger charge is 2.56. The van der Waals surface area contributed by atoms with Gasteiger partial charge in [-0.3, -0.25) is 14.3 Å². The number of pyridine rings is 1. The Balaban J connectivity index is 1.42. The normalized spacial score (nSPS) is 17.2. The number of hydrogen-bond donors (Lipinski definition) is 3. The third-order valence-electron chi connectivity index (χ3n) is 8.51. The molecule has 0 unspecified atom stereocenters. The second-order valence-electron chi connectivity index (χ2n) is 11.8. The van der Waals surface area contributed by atoms with Gasteiger partial charge in [-0.05, 0) is 44.0 Å². The molecule has 2 heterocycles. The van der Waals surface area contributed by atoms with Crippen LogP contribution in [0.15, 0.2) is 36.5 Å². The third-order valence-corrected chi connectivity index (χ3v) is 8.51. The highest BCUT2D eigenvalue weighted by atomic mass is 19.3. The largest absolute Gasteiger partial charge is 0.494 e. The summed E-state index contributed by atoms with van der Waals surface area (Å²) in [5.41, 5.74) is 1.81. The number of halogens is 5. The summed E-state index contributed by atoms with van der Waals surface area (Å²) in [6.07, 6.45) is 2.12. The Morgan fingerprint density at radius 3 is 2.43 bits per heavy atom. The minimum Gasteiger partial charge on any atom is -0.494 e. The fourth-order valence-corrected chi connectivity index (χ4v) is 5.81. The second kappa shape index (κ2) is 11.8. The quantitative estimate of drug-likeness (QED) is 0.152. The molecule has 2 amide bonds. The van der Waals surface area contributed by atoms with Crippen LogP contribution in [0.25, 0.3) is 22.2 Å². The molecule has 4 aromatic rings. The standard InChI is InChI=1S/C32H30F5N5O5/c1-3-47-28-20(29(38)43)9-25(40-27(28)19-8-22(34)23(35)10-21(19)33)32(45,17-11-31(36,37)12-17)14-39-30(44)15-6-16-13-42(18-4-5-18)41-26(16)24(7-15)46-2/h6-10,13,17-18,45H,3-5,11-12,14H2,1-2H3,(H2,38,43)(H,39,44)/t32-/m1/s1. The lowest BCUT2D eigenvalue weighted by Crippen LogP contribution is -2.54. The number of carbonyl (C=O) groups is 2. The number of primary amides is 1. The van der Waals surface area contributed by atoms with Crippen LogP contribution in [0, 0.1) is 23.4 Å². The van der Waals surface area contributed by atoms with Crippen LogP contribution in [0.5, 0.6) is 11.5 Å². The molecule has 6 rings (SSSR count). The summed E-state index contributed by atoms with van der Waals surface area (Å²) in [6.45, 7) is 0.741. The van der Waals surface area contributed by atoms with Crippen molar-refractivity contribution in [3.63, 3.8) is 0 Å². The van der Waals surface area contributed by atoms with Gasteiger partial charge in [0.15, 0.2) is 17.4 Å². The molecule has 2 aliphatic rings. The van der Waals surface area contributed by atoms with Crippen LogP contribution in [-0.4, -0.2) is 57.9 Å². The van der Waals surface area contributed by atoms with E-state index >= 15 is 4.39 Å². The summed E-state index contributed by atoms with van der Waals surface area (Å²) in [4.78, 5) is 30.3. The van der Waals surface area contributed by atoms with Gasteiger partial charge in [0, 0.05) is 47.5 Å². The highest BCUT2D eigenvalue weighted by Crippen LogP contribution is 2.51. The van der Waals surface area contributed by atoms with Gasteiger partial charge < -0.3 is 25.6 Å². The molecule has 0 bridgehead atoms. The number of rotatable bonds is 11. The van der Waals surface area contributed by atoms with E-state index in [4.69, 9.17) is 15.2 Å². The van der Waals surface area contributed by atoms with Gasteiger partial charge in [-0.25, -0.2) is 26.9 Å². The Hall–Kier alpha value is -4.79. The fourth-order valence-electron chi connectivity index (χ4n) is 5.81. The molecule has 1 atom stereocenters. The number of nitrogens with two attached hydrogens (primary N) is 1. The van der Waals surface area contributed by atoms with Crippen molar-refractivity contribution in [1.29, 1.82) is 0 Å². The Bertz CT molecular complexity index is 1910. The molecule has 2 saturated carbocycles. The Kier molecular flexibility index (Phi) is 8.06. The molecule has 10 nitrogen and oxygen atoms in total. The van der Waals surface area contributed by atoms with Crippen LogP contribution in [0.1, 0.15) is 65.1 Å². The lowest BCUT2D eigenvalue weighted by Gasteiger charge is -2.45. The molecule has 2 fully saturated rings. The zero-order valence-corrected chi connectivity index (χ0v) is 25.3. The molecule has 0 saturated heterocycles. The predicted molar refractivity (Wildman–Crippen MR) is 158 cm³/mol. The van der Waals surface area contributed by atoms with Crippen molar-refractivity contribution >= 4 is 22.7 Å². The number of amides is 2. The summed E-state index contributed by atoms with van der Waals surface area (Å²) in [7, 11) is 1.42. The molecule has 47 heavy (non-hydrogen) atoms. The maximum atomic E-state index is 15.0. The number of fused-ring (bicyclic) bond motifs is 1. The first-order chi connectivity index (χ1) is 22.2. The molecule has 2 aliphatic carbocycles. The summed E-state index contributed by atoms with van der Waals surface area (Å²) in [5, 5.41) is 19.8. The third kappa shape index (κ3) is 5.95. The van der Waals surface area contributed by atoms with Crippen LogP contribution in [0.4, 0.5) is 22.0 Å². The van der Waals surface area contributed by atoms with Crippen molar-refractivity contribution in [2.75, 3.05) is 20.3 Å². The van der Waals surface area contributed by atoms with Gasteiger partial charge in [0.2, 0.25) is 5.92 Å². The minimum atomic E-state index is -3.14. The van der Waals surface area contributed by atoms with Gasteiger partial charge >= 0.3 is 0 Å². The van der Waals surface area contributed by atoms with Gasteiger partial charge in [-0.2, -0.15) is 5.10 Å². The van der Waals surface area contributed by atoms with Crippen molar-refractivity contribution in [3.05, 3.63) is 70.8 Å². The first kappa shape index (κ1) is 32.2. The van der Waals surface area contributed by atoms with Crippen LogP contribution >= 0.6 is 0 Å². The van der Waals surface area contributed by atoms with E-state index < -0.39 is 94.4 Å². The van der Waals surface area contributed by atoms with E-state index in [1.165, 1.54) is 20.1 Å². The lowest BCUT2D eigenvalue weighted by molar-refractivity contribution is -0.179. The number of nitrogens with zero attached hydrogens (tertiary/aromatic N) is 3. The maximum absolute atomic E-state index is 15.0. The average molecular weight is 660 g/mol. The smallest absolute Gasteiger partial charge is 0.252 e. The topological polar surface area (TPSA) is 142 Å². The number of aromatic nitrogens is 3. The van der Waals surface area contributed by atoms with E-state index in [1.807, 2.05) is 0 Å². The van der Waals surface area contributed by atoms with Crippen molar-refractivity contribution in [1.82, 2.24) is 20.1 Å². The van der Waals surface area contributed by atoms with E-state index in [9.17, 15) is 32.3 Å². The van der Waals surface area contributed by atoms with Gasteiger partial charge in [0.1, 0.15) is 28.4 Å². The molecule has 0 aliphatic heterocycles. The average Bonchev–Trinajstić information content (AvgIpc) is 3.78. The zero-order chi connectivity index (χ0) is 33.8. The van der Waals surface area contributed by atoms with E-state index in [0.717, 1.165) is 18.9 Å². The first-order valence-electron chi connectivity index (χ1n) is 14.8. The molecule has 4 N–H and O–H groups in total. The van der Waals surface area contributed by atoms with Gasteiger partial charge in [-0.15, -0.1) is 0 Å². The number of methoxy groups -OCH3 is 1. The van der Waals surface area contributed by atoms with Crippen molar-refractivity contribution in [3.8, 4) is 22.8 Å². The van der Waals surface area contributed by atoms with Crippen LogP contribution in [0.3, 0.4) is 0 Å².